The van der Waals surface area contributed by atoms with Crippen LogP contribution in [0.15, 0.2) is 47.5 Å². The summed E-state index contributed by atoms with van der Waals surface area (Å²) in [5.74, 6) is -4.93. The molecule has 276 valence electrons. The maximum Gasteiger partial charge on any atom is 0.353 e. The molecule has 15 heteroatoms. The second-order valence-corrected chi connectivity index (χ2v) is 16.1. The van der Waals surface area contributed by atoms with E-state index in [0.717, 1.165) is 62.5 Å². The summed E-state index contributed by atoms with van der Waals surface area (Å²) in [4.78, 5) is 67.2. The lowest BCUT2D eigenvalue weighted by atomic mass is 9.50. The molecule has 1 aromatic rings. The van der Waals surface area contributed by atoms with Gasteiger partial charge in [-0.3, -0.25) is 25.1 Å². The van der Waals surface area contributed by atoms with Crippen LogP contribution in [0, 0.1) is 29.1 Å². The highest BCUT2D eigenvalue weighted by atomic mass is 32.2. The first-order chi connectivity index (χ1) is 24.2. The quantitative estimate of drug-likeness (QED) is 0.0876. The van der Waals surface area contributed by atoms with Crippen molar-refractivity contribution < 1.29 is 49.1 Å². The highest BCUT2D eigenvalue weighted by molar-refractivity contribution is 8.01. The van der Waals surface area contributed by atoms with E-state index in [1.807, 2.05) is 23.5 Å². The monoisotopic (exact) mass is 726 g/mol. The molecule has 4 aliphatic carbocycles. The molecule has 0 aromatic carbocycles. The van der Waals surface area contributed by atoms with E-state index in [4.69, 9.17) is 15.6 Å². The number of allylic oxidation sites excluding steroid dienone is 1. The molecule has 2 amide bonds. The Kier molecular flexibility index (Phi) is 10.4. The summed E-state index contributed by atoms with van der Waals surface area (Å²) >= 11 is 1.46. The Balaban J connectivity index is 1.36. The predicted molar refractivity (Wildman–Crippen MR) is 183 cm³/mol. The number of nitrogens with one attached hydrogen (secondary N) is 2. The second-order valence-electron chi connectivity index (χ2n) is 14.9. The maximum absolute atomic E-state index is 13.8. The Hall–Kier alpha value is -3.79. The van der Waals surface area contributed by atoms with Crippen LogP contribution in [0.4, 0.5) is 0 Å². The zero-order valence-electron chi connectivity index (χ0n) is 28.5. The van der Waals surface area contributed by atoms with E-state index in [9.17, 15) is 39.3 Å². The molecule has 1 aromatic heterocycles. The average molecular weight is 727 g/mol. The van der Waals surface area contributed by atoms with Crippen LogP contribution in [0.1, 0.15) is 76.7 Å². The van der Waals surface area contributed by atoms with Crippen molar-refractivity contribution in [3.63, 3.8) is 0 Å². The van der Waals surface area contributed by atoms with Gasteiger partial charge in [-0.15, -0.1) is 11.8 Å². The van der Waals surface area contributed by atoms with Crippen LogP contribution in [0.5, 0.6) is 0 Å². The van der Waals surface area contributed by atoms with Crippen molar-refractivity contribution in [3.8, 4) is 0 Å². The predicted octanol–water partition coefficient (Wildman–Crippen LogP) is 2.00. The molecule has 0 unspecified atom stereocenters. The molecular formula is C36H46N4O10S. The number of fused-ring (bicyclic) bond motifs is 3. The average Bonchev–Trinajstić information content (AvgIpc) is 3.72. The number of aliphatic hydroxyl groups excluding tert-OH is 1. The third-order valence-electron chi connectivity index (χ3n) is 11.9. The summed E-state index contributed by atoms with van der Waals surface area (Å²) in [6, 6.07) is 2.58. The SMILES string of the molecule is C[C@H]1CC[C@H]2C[C@H]3CC(Cc4ccncc4)=C[C@@H]4C(=O)OC(=C34)[C@]2(SC[C@H](NC(=O)CC[C@@](N)(O)C(=O)O)C(=O)N[C@@H](O)C(=O)O)C12CCCC2. The molecule has 5 aliphatic rings. The highest BCUT2D eigenvalue weighted by Gasteiger charge is 2.68. The number of carboxylic acids is 2. The van der Waals surface area contributed by atoms with Crippen molar-refractivity contribution in [1.29, 1.82) is 0 Å². The van der Waals surface area contributed by atoms with Crippen molar-refractivity contribution >= 4 is 41.5 Å². The number of hydrogen-bond donors (Lipinski definition) is 7. The number of rotatable bonds is 13. The fourth-order valence-electron chi connectivity index (χ4n) is 9.52. The zero-order valence-corrected chi connectivity index (χ0v) is 29.3. The Bertz CT molecular complexity index is 1640. The number of aliphatic hydroxyl groups is 2. The van der Waals surface area contributed by atoms with Crippen LogP contribution in [0.2, 0.25) is 0 Å². The van der Waals surface area contributed by atoms with Gasteiger partial charge in [0.25, 0.3) is 0 Å². The molecule has 8 atom stereocenters. The minimum Gasteiger partial charge on any atom is -0.478 e. The molecular weight excluding hydrogens is 680 g/mol. The van der Waals surface area contributed by atoms with Gasteiger partial charge < -0.3 is 35.8 Å². The van der Waals surface area contributed by atoms with E-state index in [-0.39, 0.29) is 34.9 Å². The van der Waals surface area contributed by atoms with Gasteiger partial charge in [-0.05, 0) is 91.4 Å². The van der Waals surface area contributed by atoms with Crippen LogP contribution < -0.4 is 16.4 Å². The molecule has 2 fully saturated rings. The number of nitrogens with two attached hydrogens (primary N) is 1. The van der Waals surface area contributed by atoms with Gasteiger partial charge in [-0.2, -0.15) is 0 Å². The largest absolute Gasteiger partial charge is 0.478 e. The smallest absolute Gasteiger partial charge is 0.353 e. The van der Waals surface area contributed by atoms with Gasteiger partial charge in [0, 0.05) is 31.0 Å². The van der Waals surface area contributed by atoms with Crippen LogP contribution in [0.3, 0.4) is 0 Å². The lowest BCUT2D eigenvalue weighted by molar-refractivity contribution is -0.159. The van der Waals surface area contributed by atoms with E-state index in [0.29, 0.717) is 12.2 Å². The Labute approximate surface area is 299 Å². The molecule has 8 N–H and O–H groups in total. The molecule has 2 heterocycles. The number of pyridine rings is 1. The van der Waals surface area contributed by atoms with Crippen LogP contribution in [-0.2, 0) is 35.1 Å². The molecule has 6 rings (SSSR count). The second kappa shape index (κ2) is 14.3. The first-order valence-corrected chi connectivity index (χ1v) is 18.6. The van der Waals surface area contributed by atoms with Gasteiger partial charge in [0.2, 0.25) is 23.8 Å². The third kappa shape index (κ3) is 6.80. The third-order valence-corrected chi connectivity index (χ3v) is 13.8. The number of hydrogen-bond acceptors (Lipinski definition) is 11. The summed E-state index contributed by atoms with van der Waals surface area (Å²) in [6.07, 6.45) is 10.1. The number of ether oxygens (including phenoxy) is 1. The molecule has 14 nitrogen and oxygen atoms in total. The van der Waals surface area contributed by atoms with Gasteiger partial charge >= 0.3 is 17.9 Å². The molecule has 51 heavy (non-hydrogen) atoms. The highest BCUT2D eigenvalue weighted by Crippen LogP contribution is 2.72. The van der Waals surface area contributed by atoms with E-state index >= 15 is 0 Å². The fraction of sp³-hybridized carbons (Fsp3) is 0.611. The first-order valence-electron chi connectivity index (χ1n) is 17.6. The normalized spacial score (nSPS) is 29.9. The van der Waals surface area contributed by atoms with Crippen molar-refractivity contribution in [1.82, 2.24) is 15.6 Å². The molecule has 0 bridgehead atoms. The standard InChI is InChI=1S/C36H46N4O10S/c1-19-4-5-23-17-22-15-21(14-20-7-12-38-13-8-20)16-24-27(22)28(50-32(24)46)36(23,34(19)9-2-3-10-34)51-18-25(29(42)40-30(43)31(44)45)39-26(41)6-11-35(37,49)33(47)48/h7-8,12-13,16,19,22-25,30,43,49H,2-6,9-11,14-15,17-18,37H2,1H3,(H,39,41)(H,40,42)(H,44,45)(H,47,48)/t19-,22+,23-,24-,25-,30-,35+,36-/m0/s1. The number of carbonyl (C=O) groups is 5. The molecule has 0 saturated heterocycles. The van der Waals surface area contributed by atoms with E-state index < -0.39 is 65.3 Å². The van der Waals surface area contributed by atoms with Gasteiger partial charge in [-0.1, -0.05) is 31.4 Å². The Morgan fingerprint density at radius 2 is 1.84 bits per heavy atom. The van der Waals surface area contributed by atoms with E-state index in [1.54, 1.807) is 12.4 Å². The summed E-state index contributed by atoms with van der Waals surface area (Å²) in [5.41, 5.74) is 5.75. The van der Waals surface area contributed by atoms with Crippen molar-refractivity contribution in [2.45, 2.75) is 100 Å². The number of aliphatic carboxylic acids is 2. The molecule has 0 radical (unpaired) electrons. The maximum atomic E-state index is 13.8. The molecule has 1 aliphatic heterocycles. The van der Waals surface area contributed by atoms with Gasteiger partial charge in [0.05, 0.1) is 4.75 Å². The number of thioether (sulfide) groups is 1. The summed E-state index contributed by atoms with van der Waals surface area (Å²) in [5, 5.41) is 42.9. The van der Waals surface area contributed by atoms with Gasteiger partial charge in [0.1, 0.15) is 17.7 Å². The summed E-state index contributed by atoms with van der Waals surface area (Å²) in [7, 11) is 0. The molecule has 2 saturated carbocycles. The zero-order chi connectivity index (χ0) is 36.7. The van der Waals surface area contributed by atoms with Crippen LogP contribution in [0.25, 0.3) is 0 Å². The topological polar surface area (TPSA) is 238 Å². The van der Waals surface area contributed by atoms with Crippen LogP contribution >= 0.6 is 11.8 Å². The number of nitrogens with zero attached hydrogens (tertiary/aromatic N) is 1. The number of carbonyl (C=O) groups excluding carboxylic acids is 3. The fourth-order valence-corrected chi connectivity index (χ4v) is 11.6. The van der Waals surface area contributed by atoms with E-state index in [2.05, 4.69) is 17.2 Å². The summed E-state index contributed by atoms with van der Waals surface area (Å²) < 4.78 is 5.70. The summed E-state index contributed by atoms with van der Waals surface area (Å²) in [6.45, 7) is 2.24. The minimum atomic E-state index is -2.68. The first kappa shape index (κ1) is 37.0. The minimum absolute atomic E-state index is 0.0620. The van der Waals surface area contributed by atoms with Gasteiger partial charge in [0.15, 0.2) is 0 Å². The van der Waals surface area contributed by atoms with Crippen molar-refractivity contribution in [2.24, 2.45) is 34.8 Å². The number of esters is 1. The number of carboxylic acid groups (broad SMARTS) is 2. The van der Waals surface area contributed by atoms with Crippen LogP contribution in [-0.4, -0.2) is 83.6 Å². The number of aromatic nitrogens is 1. The lowest BCUT2D eigenvalue weighted by Gasteiger charge is -2.61. The van der Waals surface area contributed by atoms with Gasteiger partial charge in [-0.25, -0.2) is 9.59 Å². The Morgan fingerprint density at radius 1 is 1.14 bits per heavy atom. The van der Waals surface area contributed by atoms with Crippen molar-refractivity contribution in [3.05, 3.63) is 53.1 Å². The van der Waals surface area contributed by atoms with E-state index in [1.165, 1.54) is 17.3 Å². The Morgan fingerprint density at radius 3 is 2.51 bits per heavy atom. The number of amides is 2. The molecule has 1 spiro atoms. The van der Waals surface area contributed by atoms with Crippen molar-refractivity contribution in [2.75, 3.05) is 5.75 Å². The lowest BCUT2D eigenvalue weighted by Crippen LogP contribution is -2.61.